The Balaban J connectivity index is 1.92. The lowest BCUT2D eigenvalue weighted by molar-refractivity contribution is 1.13. The highest BCUT2D eigenvalue weighted by Gasteiger charge is 2.26. The van der Waals surface area contributed by atoms with E-state index in [1.165, 1.54) is 44.5 Å². The molecule has 0 saturated heterocycles. The Kier molecular flexibility index (Phi) is 2.54. The van der Waals surface area contributed by atoms with Crippen molar-refractivity contribution in [2.75, 3.05) is 0 Å². The van der Waals surface area contributed by atoms with Crippen molar-refractivity contribution >= 4 is 10.9 Å². The van der Waals surface area contributed by atoms with Gasteiger partial charge in [-0.1, -0.05) is 60.2 Å². The first-order chi connectivity index (χ1) is 11.3. The lowest BCUT2D eigenvalue weighted by atomic mass is 10.1. The van der Waals surface area contributed by atoms with E-state index in [4.69, 9.17) is 0 Å². The molecule has 1 heterocycles. The highest BCUT2D eigenvalue weighted by Crippen LogP contribution is 2.44. The summed E-state index contributed by atoms with van der Waals surface area (Å²) in [7, 11) is 0. The zero-order chi connectivity index (χ0) is 15.4. The molecule has 0 saturated carbocycles. The molecule has 0 N–H and O–H groups in total. The molecule has 0 fully saturated rings. The second-order valence-corrected chi connectivity index (χ2v) is 6.35. The van der Waals surface area contributed by atoms with Gasteiger partial charge in [0.1, 0.15) is 0 Å². The minimum Gasteiger partial charge on any atom is -0.309 e. The topological polar surface area (TPSA) is 4.93 Å². The number of nitrogens with zero attached hydrogens (tertiary/aromatic N) is 1. The summed E-state index contributed by atoms with van der Waals surface area (Å²) in [6, 6.07) is 26.3. The molecular formula is C22H17N. The summed E-state index contributed by atoms with van der Waals surface area (Å²) >= 11 is 0. The maximum atomic E-state index is 2.42. The van der Waals surface area contributed by atoms with Crippen LogP contribution in [0.4, 0.5) is 0 Å². The second kappa shape index (κ2) is 4.60. The lowest BCUT2D eigenvalue weighted by Gasteiger charge is -2.11. The molecule has 3 aromatic carbocycles. The van der Waals surface area contributed by atoms with E-state index < -0.39 is 0 Å². The number of fused-ring (bicyclic) bond motifs is 5. The maximum Gasteiger partial charge on any atom is 0.0579 e. The van der Waals surface area contributed by atoms with Crippen LogP contribution in [-0.4, -0.2) is 4.57 Å². The number of benzene rings is 3. The predicted octanol–water partition coefficient (Wildman–Crippen LogP) is 5.51. The average molecular weight is 295 g/mol. The summed E-state index contributed by atoms with van der Waals surface area (Å²) in [5.41, 5.74) is 9.53. The number of hydrogen-bond acceptors (Lipinski definition) is 0. The van der Waals surface area contributed by atoms with Crippen molar-refractivity contribution in [1.29, 1.82) is 0 Å². The highest BCUT2D eigenvalue weighted by molar-refractivity contribution is 5.97. The summed E-state index contributed by atoms with van der Waals surface area (Å²) in [4.78, 5) is 0. The summed E-state index contributed by atoms with van der Waals surface area (Å²) in [6.07, 6.45) is 1.03. The van der Waals surface area contributed by atoms with Gasteiger partial charge >= 0.3 is 0 Å². The van der Waals surface area contributed by atoms with Crippen LogP contribution in [0, 0.1) is 6.92 Å². The van der Waals surface area contributed by atoms with E-state index in [-0.39, 0.29) is 0 Å². The van der Waals surface area contributed by atoms with Crippen molar-refractivity contribution in [1.82, 2.24) is 4.57 Å². The molecule has 23 heavy (non-hydrogen) atoms. The van der Waals surface area contributed by atoms with Crippen molar-refractivity contribution in [3.05, 3.63) is 89.5 Å². The molecular weight excluding hydrogens is 278 g/mol. The SMILES string of the molecule is Cc1ccc2c(c1)Cc1c-2n(-c2ccccc2)c2ccccc12. The molecule has 0 amide bonds. The molecule has 110 valence electrons. The van der Waals surface area contributed by atoms with Crippen LogP contribution < -0.4 is 0 Å². The normalized spacial score (nSPS) is 12.4. The van der Waals surface area contributed by atoms with Crippen molar-refractivity contribution in [3.63, 3.8) is 0 Å². The van der Waals surface area contributed by atoms with E-state index in [2.05, 4.69) is 84.3 Å². The van der Waals surface area contributed by atoms with Gasteiger partial charge in [-0.25, -0.2) is 0 Å². The highest BCUT2D eigenvalue weighted by atomic mass is 15.0. The van der Waals surface area contributed by atoms with Gasteiger partial charge in [0.05, 0.1) is 11.2 Å². The number of aromatic nitrogens is 1. The minimum absolute atomic E-state index is 1.03. The Hall–Kier alpha value is -2.80. The summed E-state index contributed by atoms with van der Waals surface area (Å²) < 4.78 is 2.42. The van der Waals surface area contributed by atoms with Crippen LogP contribution in [0.15, 0.2) is 72.8 Å². The Morgan fingerprint density at radius 1 is 0.826 bits per heavy atom. The van der Waals surface area contributed by atoms with Crippen molar-refractivity contribution < 1.29 is 0 Å². The summed E-state index contributed by atoms with van der Waals surface area (Å²) in [6.45, 7) is 2.17. The standard InChI is InChI=1S/C22H17N/c1-15-11-12-18-16(13-15)14-20-19-9-5-6-10-21(19)23(22(18)20)17-7-3-2-4-8-17/h2-13H,14H2,1H3. The van der Waals surface area contributed by atoms with Gasteiger partial charge in [0.2, 0.25) is 0 Å². The molecule has 0 spiro atoms. The van der Waals surface area contributed by atoms with Crippen LogP contribution >= 0.6 is 0 Å². The van der Waals surface area contributed by atoms with Crippen LogP contribution in [0.25, 0.3) is 27.8 Å². The van der Waals surface area contributed by atoms with Crippen molar-refractivity contribution in [3.8, 4) is 16.9 Å². The number of aryl methyl sites for hydroxylation is 1. The quantitative estimate of drug-likeness (QED) is 0.384. The molecule has 0 unspecified atom stereocenters. The molecule has 1 aliphatic rings. The molecule has 1 aromatic heterocycles. The molecule has 0 aliphatic heterocycles. The van der Waals surface area contributed by atoms with E-state index in [1.807, 2.05) is 0 Å². The molecule has 1 heteroatoms. The minimum atomic E-state index is 1.03. The predicted molar refractivity (Wildman–Crippen MR) is 96.3 cm³/mol. The average Bonchev–Trinajstić information content (AvgIpc) is 3.09. The first-order valence-corrected chi connectivity index (χ1v) is 8.10. The van der Waals surface area contributed by atoms with E-state index in [0.717, 1.165) is 6.42 Å². The maximum absolute atomic E-state index is 2.42. The number of hydrogen-bond donors (Lipinski definition) is 0. The molecule has 0 atom stereocenters. The fourth-order valence-corrected chi connectivity index (χ4v) is 3.90. The molecule has 4 aromatic rings. The van der Waals surface area contributed by atoms with Crippen LogP contribution in [0.5, 0.6) is 0 Å². The van der Waals surface area contributed by atoms with E-state index >= 15 is 0 Å². The molecule has 1 nitrogen and oxygen atoms in total. The number of para-hydroxylation sites is 2. The molecule has 0 radical (unpaired) electrons. The Morgan fingerprint density at radius 2 is 1.61 bits per heavy atom. The third-order valence-corrected chi connectivity index (χ3v) is 4.88. The van der Waals surface area contributed by atoms with E-state index in [1.54, 1.807) is 0 Å². The third kappa shape index (κ3) is 1.74. The van der Waals surface area contributed by atoms with E-state index in [0.29, 0.717) is 0 Å². The lowest BCUT2D eigenvalue weighted by Crippen LogP contribution is -1.96. The van der Waals surface area contributed by atoms with Crippen LogP contribution in [0.2, 0.25) is 0 Å². The zero-order valence-corrected chi connectivity index (χ0v) is 13.1. The van der Waals surface area contributed by atoms with Gasteiger partial charge in [0.25, 0.3) is 0 Å². The molecule has 1 aliphatic carbocycles. The molecule has 5 rings (SSSR count). The van der Waals surface area contributed by atoms with Gasteiger partial charge in [-0.2, -0.15) is 0 Å². The third-order valence-electron chi connectivity index (χ3n) is 4.88. The largest absolute Gasteiger partial charge is 0.309 e. The van der Waals surface area contributed by atoms with Crippen LogP contribution in [0.3, 0.4) is 0 Å². The van der Waals surface area contributed by atoms with E-state index in [9.17, 15) is 0 Å². The summed E-state index contributed by atoms with van der Waals surface area (Å²) in [5.74, 6) is 0. The fraction of sp³-hybridized carbons (Fsp3) is 0.0909. The fourth-order valence-electron chi connectivity index (χ4n) is 3.90. The zero-order valence-electron chi connectivity index (χ0n) is 13.1. The monoisotopic (exact) mass is 295 g/mol. The Morgan fingerprint density at radius 3 is 2.48 bits per heavy atom. The van der Waals surface area contributed by atoms with Gasteiger partial charge in [0.15, 0.2) is 0 Å². The molecule has 0 bridgehead atoms. The smallest absolute Gasteiger partial charge is 0.0579 e. The van der Waals surface area contributed by atoms with Crippen LogP contribution in [0.1, 0.15) is 16.7 Å². The van der Waals surface area contributed by atoms with Crippen molar-refractivity contribution in [2.24, 2.45) is 0 Å². The van der Waals surface area contributed by atoms with Crippen LogP contribution in [-0.2, 0) is 6.42 Å². The van der Waals surface area contributed by atoms with Gasteiger partial charge < -0.3 is 4.57 Å². The summed E-state index contributed by atoms with van der Waals surface area (Å²) in [5, 5.41) is 1.38. The van der Waals surface area contributed by atoms with Gasteiger partial charge in [-0.05, 0) is 36.2 Å². The Labute approximate surface area is 135 Å². The number of rotatable bonds is 1. The first kappa shape index (κ1) is 12.7. The Bertz CT molecular complexity index is 1040. The van der Waals surface area contributed by atoms with Crippen molar-refractivity contribution in [2.45, 2.75) is 13.3 Å². The van der Waals surface area contributed by atoms with Gasteiger partial charge in [0, 0.05) is 23.1 Å². The first-order valence-electron chi connectivity index (χ1n) is 8.10. The van der Waals surface area contributed by atoms with Gasteiger partial charge in [-0.3, -0.25) is 0 Å². The van der Waals surface area contributed by atoms with Gasteiger partial charge in [-0.15, -0.1) is 0 Å². The second-order valence-electron chi connectivity index (χ2n) is 6.35.